The van der Waals surface area contributed by atoms with Crippen molar-refractivity contribution >= 4 is 5.69 Å². The van der Waals surface area contributed by atoms with E-state index < -0.39 is 23.4 Å². The molecule has 1 aliphatic heterocycles. The average molecular weight is 269 g/mol. The highest BCUT2D eigenvalue weighted by Crippen LogP contribution is 2.24. The summed E-state index contributed by atoms with van der Waals surface area (Å²) in [5.74, 6) is 0. The zero-order valence-electron chi connectivity index (χ0n) is 10.1. The molecule has 1 aromatic rings. The van der Waals surface area contributed by atoms with Crippen LogP contribution < -0.4 is 0 Å². The fourth-order valence-corrected chi connectivity index (χ4v) is 1.96. The summed E-state index contributed by atoms with van der Waals surface area (Å²) in [6.07, 6.45) is -1.85. The second kappa shape index (κ2) is 6.07. The van der Waals surface area contributed by atoms with Crippen molar-refractivity contribution in [3.63, 3.8) is 0 Å². The van der Waals surface area contributed by atoms with Gasteiger partial charge in [0.25, 0.3) is 5.69 Å². The van der Waals surface area contributed by atoms with Crippen LogP contribution in [0.3, 0.4) is 0 Å². The zero-order valence-corrected chi connectivity index (χ0v) is 10.1. The lowest BCUT2D eigenvalue weighted by molar-refractivity contribution is -0.386. The quantitative estimate of drug-likeness (QED) is 0.598. The predicted molar refractivity (Wildman–Crippen MR) is 64.3 cm³/mol. The first kappa shape index (κ1) is 13.9. The highest BCUT2D eigenvalue weighted by Gasteiger charge is 2.34. The average Bonchev–Trinajstić information content (AvgIpc) is 2.77. The van der Waals surface area contributed by atoms with Crippen molar-refractivity contribution in [2.75, 3.05) is 6.61 Å². The molecule has 1 saturated heterocycles. The van der Waals surface area contributed by atoms with E-state index in [1.807, 2.05) is 0 Å². The van der Waals surface area contributed by atoms with Gasteiger partial charge in [0.1, 0.15) is 6.10 Å². The molecule has 19 heavy (non-hydrogen) atoms. The molecule has 1 fully saturated rings. The molecule has 2 rings (SSSR count). The molecule has 0 aromatic heterocycles. The Balaban J connectivity index is 1.95. The van der Waals surface area contributed by atoms with Gasteiger partial charge in [-0.05, 0) is 6.07 Å². The minimum absolute atomic E-state index is 0.0141. The van der Waals surface area contributed by atoms with Gasteiger partial charge < -0.3 is 19.7 Å². The van der Waals surface area contributed by atoms with E-state index >= 15 is 0 Å². The van der Waals surface area contributed by atoms with E-state index in [0.717, 1.165) is 0 Å². The number of nitrogens with zero attached hydrogens (tertiary/aromatic N) is 1. The number of ether oxygens (including phenoxy) is 2. The first-order valence-electron chi connectivity index (χ1n) is 5.90. The standard InChI is InChI=1S/C12H15NO6/c14-6-11-10(15)5-12(19-11)18-7-8-3-1-2-4-9(8)13(16)17/h1-4,10-12,14-15H,5-7H2/t10-,11+,12+/m0/s1. The van der Waals surface area contributed by atoms with Gasteiger partial charge in [-0.25, -0.2) is 0 Å². The fourth-order valence-electron chi connectivity index (χ4n) is 1.96. The number of aliphatic hydroxyl groups excluding tert-OH is 2. The van der Waals surface area contributed by atoms with Gasteiger partial charge in [0, 0.05) is 12.5 Å². The van der Waals surface area contributed by atoms with Crippen molar-refractivity contribution in [3.8, 4) is 0 Å². The third-order valence-electron chi connectivity index (χ3n) is 2.98. The number of benzene rings is 1. The lowest BCUT2D eigenvalue weighted by Crippen LogP contribution is -2.24. The molecule has 7 heteroatoms. The van der Waals surface area contributed by atoms with Crippen molar-refractivity contribution in [2.45, 2.75) is 31.5 Å². The van der Waals surface area contributed by atoms with Crippen molar-refractivity contribution in [2.24, 2.45) is 0 Å². The number of nitro benzene ring substituents is 1. The number of hydrogen-bond donors (Lipinski definition) is 2. The van der Waals surface area contributed by atoms with Crippen LogP contribution in [0.2, 0.25) is 0 Å². The van der Waals surface area contributed by atoms with Crippen LogP contribution in [-0.4, -0.2) is 40.2 Å². The number of nitro groups is 1. The van der Waals surface area contributed by atoms with Crippen LogP contribution in [-0.2, 0) is 16.1 Å². The van der Waals surface area contributed by atoms with Crippen LogP contribution in [0.1, 0.15) is 12.0 Å². The molecule has 0 bridgehead atoms. The molecule has 0 spiro atoms. The Morgan fingerprint density at radius 3 is 2.84 bits per heavy atom. The van der Waals surface area contributed by atoms with Crippen LogP contribution in [0, 0.1) is 10.1 Å². The van der Waals surface area contributed by atoms with Gasteiger partial charge in [0.2, 0.25) is 0 Å². The molecular weight excluding hydrogens is 254 g/mol. The number of para-hydroxylation sites is 1. The maximum Gasteiger partial charge on any atom is 0.274 e. The maximum absolute atomic E-state index is 10.8. The van der Waals surface area contributed by atoms with E-state index in [0.29, 0.717) is 5.56 Å². The van der Waals surface area contributed by atoms with Gasteiger partial charge in [-0.15, -0.1) is 0 Å². The van der Waals surface area contributed by atoms with E-state index in [4.69, 9.17) is 14.6 Å². The summed E-state index contributed by atoms with van der Waals surface area (Å²) in [6.45, 7) is -0.265. The Kier molecular flexibility index (Phi) is 4.43. The molecule has 1 aliphatic rings. The van der Waals surface area contributed by atoms with Crippen LogP contribution in [0.15, 0.2) is 24.3 Å². The predicted octanol–water partition coefficient (Wildman–Crippen LogP) is 0.580. The molecule has 0 aliphatic carbocycles. The van der Waals surface area contributed by atoms with Crippen LogP contribution in [0.25, 0.3) is 0 Å². The van der Waals surface area contributed by atoms with Crippen LogP contribution in [0.4, 0.5) is 5.69 Å². The van der Waals surface area contributed by atoms with Crippen LogP contribution in [0.5, 0.6) is 0 Å². The molecule has 0 unspecified atom stereocenters. The second-order valence-electron chi connectivity index (χ2n) is 4.29. The first-order chi connectivity index (χ1) is 9.11. The lowest BCUT2D eigenvalue weighted by atomic mass is 10.2. The summed E-state index contributed by atoms with van der Waals surface area (Å²) < 4.78 is 10.6. The molecule has 3 atom stereocenters. The van der Waals surface area contributed by atoms with E-state index in [2.05, 4.69) is 0 Å². The van der Waals surface area contributed by atoms with Gasteiger partial charge in [-0.2, -0.15) is 0 Å². The largest absolute Gasteiger partial charge is 0.394 e. The fraction of sp³-hybridized carbons (Fsp3) is 0.500. The summed E-state index contributed by atoms with van der Waals surface area (Å²) in [4.78, 5) is 10.3. The molecule has 7 nitrogen and oxygen atoms in total. The van der Waals surface area contributed by atoms with Crippen molar-refractivity contribution in [3.05, 3.63) is 39.9 Å². The minimum Gasteiger partial charge on any atom is -0.394 e. The SMILES string of the molecule is O=[N+]([O-])c1ccccc1CO[C@H]1C[C@H](O)[C@@H](CO)O1. The maximum atomic E-state index is 10.8. The lowest BCUT2D eigenvalue weighted by Gasteiger charge is -2.12. The number of hydrogen-bond acceptors (Lipinski definition) is 6. The summed E-state index contributed by atoms with van der Waals surface area (Å²) in [5, 5.41) is 29.3. The highest BCUT2D eigenvalue weighted by atomic mass is 16.7. The van der Waals surface area contributed by atoms with Crippen LogP contribution >= 0.6 is 0 Å². The van der Waals surface area contributed by atoms with E-state index in [9.17, 15) is 15.2 Å². The van der Waals surface area contributed by atoms with Crippen molar-refractivity contribution in [1.82, 2.24) is 0 Å². The normalized spacial score (nSPS) is 26.5. The molecule has 104 valence electrons. The number of rotatable bonds is 5. The summed E-state index contributed by atoms with van der Waals surface area (Å²) in [6, 6.07) is 6.28. The van der Waals surface area contributed by atoms with Crippen molar-refractivity contribution in [1.29, 1.82) is 0 Å². The molecule has 0 radical (unpaired) electrons. The molecule has 1 aromatic carbocycles. The Morgan fingerprint density at radius 1 is 1.47 bits per heavy atom. The number of aliphatic hydroxyl groups is 2. The van der Waals surface area contributed by atoms with Gasteiger partial charge in [-0.3, -0.25) is 10.1 Å². The molecule has 1 heterocycles. The molecular formula is C12H15NO6. The molecule has 0 amide bonds. The minimum atomic E-state index is -0.777. The Labute approximate surface area is 109 Å². The first-order valence-corrected chi connectivity index (χ1v) is 5.90. The molecule has 0 saturated carbocycles. The summed E-state index contributed by atoms with van der Waals surface area (Å²) in [7, 11) is 0. The van der Waals surface area contributed by atoms with Gasteiger partial charge in [-0.1, -0.05) is 12.1 Å². The topological polar surface area (TPSA) is 102 Å². The van der Waals surface area contributed by atoms with Gasteiger partial charge in [0.15, 0.2) is 6.29 Å². The smallest absolute Gasteiger partial charge is 0.274 e. The third-order valence-corrected chi connectivity index (χ3v) is 2.98. The van der Waals surface area contributed by atoms with E-state index in [1.165, 1.54) is 6.07 Å². The third kappa shape index (κ3) is 3.27. The zero-order chi connectivity index (χ0) is 13.8. The summed E-state index contributed by atoms with van der Waals surface area (Å²) in [5.41, 5.74) is 0.429. The second-order valence-corrected chi connectivity index (χ2v) is 4.29. The van der Waals surface area contributed by atoms with Gasteiger partial charge in [0.05, 0.1) is 29.8 Å². The van der Waals surface area contributed by atoms with E-state index in [1.54, 1.807) is 18.2 Å². The monoisotopic (exact) mass is 269 g/mol. The Morgan fingerprint density at radius 2 is 2.21 bits per heavy atom. The Hall–Kier alpha value is -1.54. The van der Waals surface area contributed by atoms with Crippen molar-refractivity contribution < 1.29 is 24.6 Å². The van der Waals surface area contributed by atoms with Gasteiger partial charge >= 0.3 is 0 Å². The summed E-state index contributed by atoms with van der Waals surface area (Å²) >= 11 is 0. The van der Waals surface area contributed by atoms with E-state index in [-0.39, 0.29) is 25.3 Å². The Bertz CT molecular complexity index is 452. The highest BCUT2D eigenvalue weighted by molar-refractivity contribution is 5.39. The molecule has 2 N–H and O–H groups in total.